The second kappa shape index (κ2) is 6.55. The Labute approximate surface area is 96.8 Å². The summed E-state index contributed by atoms with van der Waals surface area (Å²) >= 11 is 0. The zero-order chi connectivity index (χ0) is 11.3. The van der Waals surface area contributed by atoms with Crippen LogP contribution in [0.15, 0.2) is 0 Å². The van der Waals surface area contributed by atoms with Crippen molar-refractivity contribution in [3.8, 4) is 0 Å². The summed E-state index contributed by atoms with van der Waals surface area (Å²) in [6.07, 6.45) is 10.3. The Hall–Kier alpha value is 0. The molecule has 1 aliphatic rings. The van der Waals surface area contributed by atoms with E-state index in [1.807, 2.05) is 0 Å². The van der Waals surface area contributed by atoms with Gasteiger partial charge in [0.1, 0.15) is 0 Å². The van der Waals surface area contributed by atoms with Crippen molar-refractivity contribution in [2.75, 3.05) is 0 Å². The minimum absolute atomic E-state index is 0.951. The molecule has 1 saturated carbocycles. The van der Waals surface area contributed by atoms with Crippen LogP contribution >= 0.6 is 0 Å². The lowest BCUT2D eigenvalue weighted by molar-refractivity contribution is 0.264. The summed E-state index contributed by atoms with van der Waals surface area (Å²) < 4.78 is 0. The molecule has 1 aliphatic carbocycles. The van der Waals surface area contributed by atoms with E-state index in [1.54, 1.807) is 0 Å². The number of hydrogen-bond acceptors (Lipinski definition) is 0. The minimum Gasteiger partial charge on any atom is -0.0651 e. The van der Waals surface area contributed by atoms with Gasteiger partial charge in [0, 0.05) is 0 Å². The normalized spacial score (nSPS) is 30.4. The standard InChI is InChI=1S/C15H30/c1-5-12(3)10-14-8-7-9-15(14)11-13(4)6-2/h12-15H,5-11H2,1-4H3. The Balaban J connectivity index is 2.35. The smallest absolute Gasteiger partial charge is 0.0383 e. The Morgan fingerprint density at radius 2 is 1.27 bits per heavy atom. The maximum Gasteiger partial charge on any atom is -0.0383 e. The lowest BCUT2D eigenvalue weighted by Crippen LogP contribution is -2.14. The third-order valence-electron chi connectivity index (χ3n) is 4.62. The van der Waals surface area contributed by atoms with Crippen LogP contribution in [-0.4, -0.2) is 0 Å². The van der Waals surface area contributed by atoms with Gasteiger partial charge in [-0.1, -0.05) is 59.8 Å². The fourth-order valence-electron chi connectivity index (χ4n) is 3.10. The highest BCUT2D eigenvalue weighted by atomic mass is 14.3. The second-order valence-corrected chi connectivity index (χ2v) is 5.95. The topological polar surface area (TPSA) is 0 Å². The molecule has 0 heteroatoms. The molecule has 0 radical (unpaired) electrons. The monoisotopic (exact) mass is 210 g/mol. The van der Waals surface area contributed by atoms with Gasteiger partial charge in [-0.05, 0) is 36.5 Å². The van der Waals surface area contributed by atoms with Gasteiger partial charge in [0.05, 0.1) is 0 Å². The van der Waals surface area contributed by atoms with E-state index in [9.17, 15) is 0 Å². The van der Waals surface area contributed by atoms with Gasteiger partial charge in [-0.3, -0.25) is 0 Å². The van der Waals surface area contributed by atoms with E-state index >= 15 is 0 Å². The molecule has 1 fully saturated rings. The summed E-state index contributed by atoms with van der Waals surface area (Å²) in [5.74, 6) is 4.03. The molecule has 0 saturated heterocycles. The molecule has 0 heterocycles. The first-order chi connectivity index (χ1) is 7.17. The van der Waals surface area contributed by atoms with Crippen LogP contribution in [0.5, 0.6) is 0 Å². The van der Waals surface area contributed by atoms with Crippen LogP contribution in [0.1, 0.15) is 72.6 Å². The molecule has 0 nitrogen and oxygen atoms in total. The number of rotatable bonds is 6. The van der Waals surface area contributed by atoms with Gasteiger partial charge in [0.15, 0.2) is 0 Å². The van der Waals surface area contributed by atoms with Crippen molar-refractivity contribution in [2.24, 2.45) is 23.7 Å². The summed E-state index contributed by atoms with van der Waals surface area (Å²) in [7, 11) is 0. The Morgan fingerprint density at radius 3 is 1.60 bits per heavy atom. The van der Waals surface area contributed by atoms with Gasteiger partial charge in [0.2, 0.25) is 0 Å². The Morgan fingerprint density at radius 1 is 0.867 bits per heavy atom. The van der Waals surface area contributed by atoms with Crippen LogP contribution in [0, 0.1) is 23.7 Å². The fraction of sp³-hybridized carbons (Fsp3) is 1.00. The van der Waals surface area contributed by atoms with Gasteiger partial charge in [-0.15, -0.1) is 0 Å². The van der Waals surface area contributed by atoms with Gasteiger partial charge in [-0.2, -0.15) is 0 Å². The predicted molar refractivity (Wildman–Crippen MR) is 69.0 cm³/mol. The van der Waals surface area contributed by atoms with E-state index in [4.69, 9.17) is 0 Å². The molecule has 0 N–H and O–H groups in total. The summed E-state index contributed by atoms with van der Waals surface area (Å²) in [6.45, 7) is 9.53. The summed E-state index contributed by atoms with van der Waals surface area (Å²) in [4.78, 5) is 0. The summed E-state index contributed by atoms with van der Waals surface area (Å²) in [5, 5.41) is 0. The Bertz CT molecular complexity index is 143. The van der Waals surface area contributed by atoms with E-state index < -0.39 is 0 Å². The SMILES string of the molecule is CCC(C)CC1CCCC1CC(C)CC. The fourth-order valence-corrected chi connectivity index (χ4v) is 3.10. The molecule has 0 aromatic heterocycles. The molecule has 15 heavy (non-hydrogen) atoms. The highest BCUT2D eigenvalue weighted by Gasteiger charge is 2.28. The van der Waals surface area contributed by atoms with Gasteiger partial charge < -0.3 is 0 Å². The van der Waals surface area contributed by atoms with Crippen LogP contribution in [-0.2, 0) is 0 Å². The highest BCUT2D eigenvalue weighted by Crippen LogP contribution is 2.40. The molecule has 0 amide bonds. The largest absolute Gasteiger partial charge is 0.0651 e. The van der Waals surface area contributed by atoms with E-state index in [0.29, 0.717) is 0 Å². The second-order valence-electron chi connectivity index (χ2n) is 5.95. The van der Waals surface area contributed by atoms with Gasteiger partial charge in [0.25, 0.3) is 0 Å². The summed E-state index contributed by atoms with van der Waals surface area (Å²) in [5.41, 5.74) is 0. The van der Waals surface area contributed by atoms with Crippen LogP contribution < -0.4 is 0 Å². The molecule has 0 aromatic carbocycles. The molecule has 4 atom stereocenters. The first kappa shape index (κ1) is 13.1. The zero-order valence-electron chi connectivity index (χ0n) is 11.3. The molecule has 0 aromatic rings. The quantitative estimate of drug-likeness (QED) is 0.560. The van der Waals surface area contributed by atoms with Crippen LogP contribution in [0.4, 0.5) is 0 Å². The molecule has 1 rings (SSSR count). The maximum absolute atomic E-state index is 2.43. The van der Waals surface area contributed by atoms with Gasteiger partial charge in [-0.25, -0.2) is 0 Å². The van der Waals surface area contributed by atoms with E-state index in [2.05, 4.69) is 27.7 Å². The van der Waals surface area contributed by atoms with Crippen molar-refractivity contribution in [3.05, 3.63) is 0 Å². The van der Waals surface area contributed by atoms with Gasteiger partial charge >= 0.3 is 0 Å². The summed E-state index contributed by atoms with van der Waals surface area (Å²) in [6, 6.07) is 0. The lowest BCUT2D eigenvalue weighted by atomic mass is 9.81. The average molecular weight is 210 g/mol. The molecule has 4 unspecified atom stereocenters. The Kier molecular flexibility index (Phi) is 5.71. The molecular weight excluding hydrogens is 180 g/mol. The lowest BCUT2D eigenvalue weighted by Gasteiger charge is -2.24. The maximum atomic E-state index is 2.43. The first-order valence-electron chi connectivity index (χ1n) is 7.17. The van der Waals surface area contributed by atoms with Crippen molar-refractivity contribution in [1.82, 2.24) is 0 Å². The van der Waals surface area contributed by atoms with E-state index in [1.165, 1.54) is 44.9 Å². The van der Waals surface area contributed by atoms with Crippen molar-refractivity contribution >= 4 is 0 Å². The molecule has 0 spiro atoms. The highest BCUT2D eigenvalue weighted by molar-refractivity contribution is 4.79. The van der Waals surface area contributed by atoms with Crippen molar-refractivity contribution in [3.63, 3.8) is 0 Å². The average Bonchev–Trinajstić information content (AvgIpc) is 2.65. The van der Waals surface area contributed by atoms with Crippen molar-refractivity contribution in [1.29, 1.82) is 0 Å². The van der Waals surface area contributed by atoms with E-state index in [-0.39, 0.29) is 0 Å². The third kappa shape index (κ3) is 4.17. The van der Waals surface area contributed by atoms with Crippen LogP contribution in [0.3, 0.4) is 0 Å². The molecule has 90 valence electrons. The first-order valence-corrected chi connectivity index (χ1v) is 7.17. The number of hydrogen-bond donors (Lipinski definition) is 0. The van der Waals surface area contributed by atoms with Crippen LogP contribution in [0.25, 0.3) is 0 Å². The van der Waals surface area contributed by atoms with Crippen molar-refractivity contribution < 1.29 is 0 Å². The molecule has 0 aliphatic heterocycles. The minimum atomic E-state index is 0.951. The van der Waals surface area contributed by atoms with E-state index in [0.717, 1.165) is 23.7 Å². The van der Waals surface area contributed by atoms with Crippen LogP contribution in [0.2, 0.25) is 0 Å². The predicted octanol–water partition coefficient (Wildman–Crippen LogP) is 5.28. The molecule has 0 bridgehead atoms. The molecular formula is C15H30. The third-order valence-corrected chi connectivity index (χ3v) is 4.62. The zero-order valence-corrected chi connectivity index (χ0v) is 11.3. The van der Waals surface area contributed by atoms with Crippen molar-refractivity contribution in [2.45, 2.75) is 72.6 Å².